The van der Waals surface area contributed by atoms with Crippen LogP contribution in [0.4, 0.5) is 4.39 Å². The van der Waals surface area contributed by atoms with Crippen LogP contribution in [0.25, 0.3) is 0 Å². The highest BCUT2D eigenvalue weighted by Gasteiger charge is 2.13. The summed E-state index contributed by atoms with van der Waals surface area (Å²) in [5.41, 5.74) is 4.61. The quantitative estimate of drug-likeness (QED) is 0.443. The van der Waals surface area contributed by atoms with Gasteiger partial charge in [-0.3, -0.25) is 5.10 Å². The lowest BCUT2D eigenvalue weighted by molar-refractivity contribution is 0.269. The summed E-state index contributed by atoms with van der Waals surface area (Å²) in [6, 6.07) is 7.64. The van der Waals surface area contributed by atoms with E-state index in [0.29, 0.717) is 50.9 Å². The largest absolute Gasteiger partial charge is 0.490 e. The van der Waals surface area contributed by atoms with Gasteiger partial charge < -0.3 is 14.9 Å². The third kappa shape index (κ3) is 5.20. The molecular formula is C19H19Cl2FN4O2S. The second kappa shape index (κ2) is 9.47. The van der Waals surface area contributed by atoms with Gasteiger partial charge in [-0.25, -0.2) is 9.07 Å². The number of nitrogens with one attached hydrogen (secondary N) is 2. The number of nitrogens with zero attached hydrogens (tertiary/aromatic N) is 2. The topological polar surface area (TPSA) is 64.1 Å². The monoisotopic (exact) mass is 456 g/mol. The summed E-state index contributed by atoms with van der Waals surface area (Å²) in [6.07, 6.45) is 0. The van der Waals surface area contributed by atoms with Crippen LogP contribution in [0.3, 0.4) is 0 Å². The molecule has 0 spiro atoms. The second-order valence-electron chi connectivity index (χ2n) is 6.09. The predicted molar refractivity (Wildman–Crippen MR) is 114 cm³/mol. The van der Waals surface area contributed by atoms with Gasteiger partial charge in [0.2, 0.25) is 4.77 Å². The summed E-state index contributed by atoms with van der Waals surface area (Å²) in [5, 5.41) is 7.55. The van der Waals surface area contributed by atoms with Crippen molar-refractivity contribution in [3.05, 3.63) is 67.9 Å². The lowest BCUT2D eigenvalue weighted by Gasteiger charge is -2.16. The summed E-state index contributed by atoms with van der Waals surface area (Å²) in [7, 11) is 0. The van der Waals surface area contributed by atoms with Crippen LogP contribution < -0.4 is 14.9 Å². The molecule has 0 amide bonds. The van der Waals surface area contributed by atoms with Crippen molar-refractivity contribution in [3.8, 4) is 11.5 Å². The molecule has 0 bridgehead atoms. The number of benzene rings is 2. The third-order valence-corrected chi connectivity index (χ3v) is 5.06. The van der Waals surface area contributed by atoms with Crippen molar-refractivity contribution in [1.82, 2.24) is 14.9 Å². The molecular weight excluding hydrogens is 438 g/mol. The Morgan fingerprint density at radius 3 is 2.52 bits per heavy atom. The van der Waals surface area contributed by atoms with Gasteiger partial charge in [0.05, 0.1) is 18.2 Å². The van der Waals surface area contributed by atoms with Crippen LogP contribution in [0.2, 0.25) is 10.0 Å². The Morgan fingerprint density at radius 2 is 1.86 bits per heavy atom. The Hall–Kier alpha value is -2.29. The van der Waals surface area contributed by atoms with E-state index in [-0.39, 0.29) is 6.61 Å². The summed E-state index contributed by atoms with van der Waals surface area (Å²) in [4.78, 5) is 0. The highest BCUT2D eigenvalue weighted by atomic mass is 35.5. The van der Waals surface area contributed by atoms with Crippen molar-refractivity contribution in [2.45, 2.75) is 27.0 Å². The van der Waals surface area contributed by atoms with E-state index in [1.165, 1.54) is 12.1 Å². The Bertz CT molecular complexity index is 1070. The van der Waals surface area contributed by atoms with E-state index in [1.807, 2.05) is 13.8 Å². The minimum Gasteiger partial charge on any atom is -0.490 e. The van der Waals surface area contributed by atoms with E-state index in [0.717, 1.165) is 5.56 Å². The van der Waals surface area contributed by atoms with Gasteiger partial charge in [-0.1, -0.05) is 29.3 Å². The summed E-state index contributed by atoms with van der Waals surface area (Å²) in [6.45, 7) is 4.70. The Balaban J connectivity index is 1.79. The van der Waals surface area contributed by atoms with Gasteiger partial charge in [0, 0.05) is 16.7 Å². The number of H-pyrrole nitrogens is 1. The van der Waals surface area contributed by atoms with E-state index in [4.69, 9.17) is 44.9 Å². The number of rotatable bonds is 8. The molecule has 29 heavy (non-hydrogen) atoms. The van der Waals surface area contributed by atoms with Gasteiger partial charge in [-0.15, -0.1) is 0 Å². The van der Waals surface area contributed by atoms with Gasteiger partial charge in [0.1, 0.15) is 18.2 Å². The fraction of sp³-hybridized carbons (Fsp3) is 0.263. The Morgan fingerprint density at radius 1 is 1.14 bits per heavy atom. The molecule has 0 aliphatic rings. The molecule has 0 radical (unpaired) electrons. The molecule has 1 aromatic heterocycles. The summed E-state index contributed by atoms with van der Waals surface area (Å²) in [5.74, 6) is 1.31. The molecule has 154 valence electrons. The van der Waals surface area contributed by atoms with Crippen molar-refractivity contribution < 1.29 is 13.9 Å². The van der Waals surface area contributed by atoms with Gasteiger partial charge in [-0.2, -0.15) is 5.10 Å². The molecule has 3 aromatic rings. The van der Waals surface area contributed by atoms with E-state index < -0.39 is 5.82 Å². The Kier molecular flexibility index (Phi) is 7.00. The number of hydrogen-bond donors (Lipinski definition) is 2. The number of ether oxygens (including phenoxy) is 2. The highest BCUT2D eigenvalue weighted by Crippen LogP contribution is 2.34. The van der Waals surface area contributed by atoms with Crippen LogP contribution in [0, 0.1) is 17.5 Å². The molecule has 0 saturated heterocycles. The Labute approximate surface area is 182 Å². The smallest absolute Gasteiger partial charge is 0.214 e. The van der Waals surface area contributed by atoms with Crippen LogP contribution in [0.5, 0.6) is 11.5 Å². The second-order valence-corrected chi connectivity index (χ2v) is 7.30. The SMILES string of the molecule is CCOc1cc(CNn2c(C)n[nH]c2=S)c(Cl)cc1OCc1ccc(F)cc1Cl. The zero-order valence-electron chi connectivity index (χ0n) is 15.8. The highest BCUT2D eigenvalue weighted by molar-refractivity contribution is 7.71. The van der Waals surface area contributed by atoms with Gasteiger partial charge in [0.15, 0.2) is 11.5 Å². The van der Waals surface area contributed by atoms with E-state index in [1.54, 1.807) is 22.9 Å². The van der Waals surface area contributed by atoms with Crippen LogP contribution >= 0.6 is 35.4 Å². The predicted octanol–water partition coefficient (Wildman–Crippen LogP) is 5.42. The number of hydrogen-bond acceptors (Lipinski definition) is 5. The van der Waals surface area contributed by atoms with Crippen molar-refractivity contribution in [1.29, 1.82) is 0 Å². The number of aromatic amines is 1. The molecule has 10 heteroatoms. The first kappa shape index (κ1) is 21.4. The molecule has 0 aliphatic heterocycles. The molecule has 0 saturated carbocycles. The van der Waals surface area contributed by atoms with Crippen LogP contribution in [0.1, 0.15) is 23.9 Å². The number of aryl methyl sites for hydroxylation is 1. The average molecular weight is 457 g/mol. The maximum absolute atomic E-state index is 13.2. The minimum absolute atomic E-state index is 0.149. The lowest BCUT2D eigenvalue weighted by atomic mass is 10.2. The minimum atomic E-state index is -0.401. The summed E-state index contributed by atoms with van der Waals surface area (Å²) >= 11 is 17.7. The van der Waals surface area contributed by atoms with Crippen LogP contribution in [-0.4, -0.2) is 21.5 Å². The van der Waals surface area contributed by atoms with E-state index in [9.17, 15) is 4.39 Å². The van der Waals surface area contributed by atoms with Gasteiger partial charge in [-0.05, 0) is 49.8 Å². The molecule has 3 rings (SSSR count). The lowest BCUT2D eigenvalue weighted by Crippen LogP contribution is -2.16. The average Bonchev–Trinajstić information content (AvgIpc) is 2.99. The molecule has 0 fully saturated rings. The van der Waals surface area contributed by atoms with Gasteiger partial charge >= 0.3 is 0 Å². The standard InChI is InChI=1S/C19H19Cl2FN4O2S/c1-3-27-17-6-13(9-23-26-11(2)24-25-19(26)29)16(21)8-18(17)28-10-12-4-5-14(22)7-15(12)20/h4-8,23H,3,9-10H2,1-2H3,(H,25,29). The maximum Gasteiger partial charge on any atom is 0.214 e. The van der Waals surface area contributed by atoms with E-state index >= 15 is 0 Å². The zero-order chi connectivity index (χ0) is 21.0. The van der Waals surface area contributed by atoms with Crippen molar-refractivity contribution in [2.24, 2.45) is 0 Å². The van der Waals surface area contributed by atoms with E-state index in [2.05, 4.69) is 15.6 Å². The zero-order valence-corrected chi connectivity index (χ0v) is 18.1. The first-order chi connectivity index (χ1) is 13.9. The maximum atomic E-state index is 13.2. The fourth-order valence-electron chi connectivity index (χ4n) is 2.61. The summed E-state index contributed by atoms with van der Waals surface area (Å²) < 4.78 is 26.9. The molecule has 2 aromatic carbocycles. The molecule has 2 N–H and O–H groups in total. The van der Waals surface area contributed by atoms with Crippen molar-refractivity contribution in [2.75, 3.05) is 12.0 Å². The van der Waals surface area contributed by atoms with Crippen molar-refractivity contribution in [3.63, 3.8) is 0 Å². The molecule has 6 nitrogen and oxygen atoms in total. The normalized spacial score (nSPS) is 10.8. The van der Waals surface area contributed by atoms with Crippen molar-refractivity contribution >= 4 is 35.4 Å². The first-order valence-corrected chi connectivity index (χ1v) is 9.95. The van der Waals surface area contributed by atoms with Crippen LogP contribution in [0.15, 0.2) is 30.3 Å². The number of halogens is 3. The molecule has 0 aliphatic carbocycles. The van der Waals surface area contributed by atoms with Gasteiger partial charge in [0.25, 0.3) is 0 Å². The third-order valence-electron chi connectivity index (χ3n) is 4.08. The molecule has 0 atom stereocenters. The molecule has 1 heterocycles. The fourth-order valence-corrected chi connectivity index (χ4v) is 3.30. The molecule has 0 unspecified atom stereocenters. The van der Waals surface area contributed by atoms with Crippen LogP contribution in [-0.2, 0) is 13.2 Å². The number of aromatic nitrogens is 3. The first-order valence-electron chi connectivity index (χ1n) is 8.79.